The van der Waals surface area contributed by atoms with Gasteiger partial charge in [-0.2, -0.15) is 0 Å². The molecule has 0 bridgehead atoms. The van der Waals surface area contributed by atoms with Gasteiger partial charge in [0.05, 0.1) is 16.8 Å². The van der Waals surface area contributed by atoms with E-state index in [0.29, 0.717) is 22.9 Å². The molecule has 30 heavy (non-hydrogen) atoms. The first kappa shape index (κ1) is 22.1. The fourth-order valence-electron chi connectivity index (χ4n) is 2.98. The second-order valence-electron chi connectivity index (χ2n) is 8.88. The van der Waals surface area contributed by atoms with Crippen LogP contribution in [0.5, 0.6) is 0 Å². The summed E-state index contributed by atoms with van der Waals surface area (Å²) in [5, 5.41) is 3.75. The van der Waals surface area contributed by atoms with Gasteiger partial charge in [0.15, 0.2) is 10.9 Å². The van der Waals surface area contributed by atoms with Crippen molar-refractivity contribution in [2.24, 2.45) is 11.3 Å². The van der Waals surface area contributed by atoms with Gasteiger partial charge in [-0.3, -0.25) is 9.59 Å². The normalized spacial score (nSPS) is 11.8. The summed E-state index contributed by atoms with van der Waals surface area (Å²) in [6, 6.07) is 15.1. The van der Waals surface area contributed by atoms with E-state index in [1.807, 2.05) is 39.0 Å². The highest BCUT2D eigenvalue weighted by Gasteiger charge is 2.21. The Labute approximate surface area is 182 Å². The van der Waals surface area contributed by atoms with E-state index in [1.165, 1.54) is 11.8 Å². The lowest BCUT2D eigenvalue weighted by molar-refractivity contribution is -0.123. The van der Waals surface area contributed by atoms with Gasteiger partial charge in [-0.25, -0.2) is 4.98 Å². The molecule has 0 saturated heterocycles. The molecule has 0 saturated carbocycles. The molecule has 1 aromatic heterocycles. The quantitative estimate of drug-likeness (QED) is 0.394. The standard InChI is InChI=1S/C24H29N3O2S/c1-16(2)14-27-20-9-7-6-8-19(20)26-23(27)30-15-21(28)17-10-12-18(13-11-17)25-22(29)24(3,4)5/h6-13,16H,14-15H2,1-5H3,(H,25,29). The van der Waals surface area contributed by atoms with Crippen LogP contribution in [0, 0.1) is 11.3 Å². The van der Waals surface area contributed by atoms with Crippen LogP contribution in [0.3, 0.4) is 0 Å². The molecule has 1 amide bonds. The summed E-state index contributed by atoms with van der Waals surface area (Å²) in [4.78, 5) is 29.5. The molecule has 2 aromatic carbocycles. The fraction of sp³-hybridized carbons (Fsp3) is 0.375. The molecule has 5 nitrogen and oxygen atoms in total. The Balaban J connectivity index is 1.69. The van der Waals surface area contributed by atoms with E-state index in [2.05, 4.69) is 29.8 Å². The number of fused-ring (bicyclic) bond motifs is 1. The van der Waals surface area contributed by atoms with Crippen molar-refractivity contribution < 1.29 is 9.59 Å². The molecule has 1 heterocycles. The lowest BCUT2D eigenvalue weighted by atomic mass is 9.95. The Morgan fingerprint density at radius 2 is 1.73 bits per heavy atom. The molecule has 6 heteroatoms. The number of Topliss-reactive ketones (excluding diaryl/α,β-unsaturated/α-hetero) is 1. The van der Waals surface area contributed by atoms with Crippen LogP contribution in [-0.2, 0) is 11.3 Å². The number of amides is 1. The van der Waals surface area contributed by atoms with Crippen molar-refractivity contribution in [3.63, 3.8) is 0 Å². The van der Waals surface area contributed by atoms with Gasteiger partial charge < -0.3 is 9.88 Å². The molecule has 3 rings (SSSR count). The number of thioether (sulfide) groups is 1. The summed E-state index contributed by atoms with van der Waals surface area (Å²) in [5.41, 5.74) is 2.90. The minimum absolute atomic E-state index is 0.0388. The zero-order valence-corrected chi connectivity index (χ0v) is 19.0. The third-order valence-electron chi connectivity index (χ3n) is 4.65. The predicted molar refractivity (Wildman–Crippen MR) is 124 cm³/mol. The fourth-order valence-corrected chi connectivity index (χ4v) is 3.90. The van der Waals surface area contributed by atoms with Gasteiger partial charge in [0.25, 0.3) is 0 Å². The maximum absolute atomic E-state index is 12.7. The minimum atomic E-state index is -0.466. The van der Waals surface area contributed by atoms with Crippen molar-refractivity contribution in [1.82, 2.24) is 9.55 Å². The van der Waals surface area contributed by atoms with E-state index < -0.39 is 5.41 Å². The number of benzene rings is 2. The molecule has 0 aliphatic rings. The second-order valence-corrected chi connectivity index (χ2v) is 9.82. The van der Waals surface area contributed by atoms with Crippen molar-refractivity contribution in [1.29, 1.82) is 0 Å². The third kappa shape index (κ3) is 5.30. The van der Waals surface area contributed by atoms with Crippen LogP contribution in [0.25, 0.3) is 11.0 Å². The second kappa shape index (κ2) is 9.04. The summed E-state index contributed by atoms with van der Waals surface area (Å²) >= 11 is 1.47. The number of ketones is 1. The van der Waals surface area contributed by atoms with E-state index in [0.717, 1.165) is 22.7 Å². The van der Waals surface area contributed by atoms with Crippen LogP contribution < -0.4 is 5.32 Å². The van der Waals surface area contributed by atoms with Gasteiger partial charge in [-0.05, 0) is 42.3 Å². The number of para-hydroxylation sites is 2. The third-order valence-corrected chi connectivity index (χ3v) is 5.62. The number of nitrogens with one attached hydrogen (secondary N) is 1. The lowest BCUT2D eigenvalue weighted by Crippen LogP contribution is -2.27. The highest BCUT2D eigenvalue weighted by molar-refractivity contribution is 7.99. The van der Waals surface area contributed by atoms with Crippen molar-refractivity contribution in [3.8, 4) is 0 Å². The number of nitrogens with zero attached hydrogens (tertiary/aromatic N) is 2. The Morgan fingerprint density at radius 1 is 1.07 bits per heavy atom. The average Bonchev–Trinajstić information content (AvgIpc) is 3.03. The maximum atomic E-state index is 12.7. The van der Waals surface area contributed by atoms with E-state index >= 15 is 0 Å². The van der Waals surface area contributed by atoms with Crippen molar-refractivity contribution >= 4 is 40.2 Å². The van der Waals surface area contributed by atoms with Gasteiger partial charge in [0, 0.05) is 23.2 Å². The van der Waals surface area contributed by atoms with Crippen LogP contribution in [0.1, 0.15) is 45.0 Å². The van der Waals surface area contributed by atoms with Crippen molar-refractivity contribution in [3.05, 3.63) is 54.1 Å². The monoisotopic (exact) mass is 423 g/mol. The highest BCUT2D eigenvalue weighted by atomic mass is 32.2. The Hall–Kier alpha value is -2.60. The zero-order valence-electron chi connectivity index (χ0n) is 18.2. The van der Waals surface area contributed by atoms with Crippen LogP contribution in [0.4, 0.5) is 5.69 Å². The molecule has 3 aromatic rings. The zero-order chi connectivity index (χ0) is 21.9. The smallest absolute Gasteiger partial charge is 0.229 e. The minimum Gasteiger partial charge on any atom is -0.326 e. The summed E-state index contributed by atoms with van der Waals surface area (Å²) in [7, 11) is 0. The summed E-state index contributed by atoms with van der Waals surface area (Å²) in [6.45, 7) is 10.8. The Kier molecular flexibility index (Phi) is 6.66. The summed E-state index contributed by atoms with van der Waals surface area (Å²) < 4.78 is 2.20. The Bertz CT molecular complexity index is 1050. The SMILES string of the molecule is CC(C)Cn1c(SCC(=O)c2ccc(NC(=O)C(C)(C)C)cc2)nc2ccccc21. The summed E-state index contributed by atoms with van der Waals surface area (Å²) in [6.07, 6.45) is 0. The maximum Gasteiger partial charge on any atom is 0.229 e. The molecule has 0 fully saturated rings. The first-order valence-electron chi connectivity index (χ1n) is 10.2. The molecule has 1 N–H and O–H groups in total. The molecule has 0 aliphatic carbocycles. The van der Waals surface area contributed by atoms with Crippen molar-refractivity contribution in [2.75, 3.05) is 11.1 Å². The number of carbonyl (C=O) groups excluding carboxylic acids is 2. The van der Waals surface area contributed by atoms with E-state index in [1.54, 1.807) is 24.3 Å². The van der Waals surface area contributed by atoms with E-state index in [4.69, 9.17) is 4.98 Å². The number of imidazole rings is 1. The van der Waals surface area contributed by atoms with Crippen LogP contribution in [0.15, 0.2) is 53.7 Å². The van der Waals surface area contributed by atoms with Gasteiger partial charge in [0.2, 0.25) is 5.91 Å². The number of hydrogen-bond acceptors (Lipinski definition) is 4. The first-order chi connectivity index (χ1) is 14.1. The number of aromatic nitrogens is 2. The Morgan fingerprint density at radius 3 is 2.37 bits per heavy atom. The molecule has 158 valence electrons. The summed E-state index contributed by atoms with van der Waals surface area (Å²) in [5.74, 6) is 0.779. The average molecular weight is 424 g/mol. The first-order valence-corrected chi connectivity index (χ1v) is 11.2. The molecule has 0 radical (unpaired) electrons. The molecule has 0 atom stereocenters. The number of anilines is 1. The highest BCUT2D eigenvalue weighted by Crippen LogP contribution is 2.26. The number of rotatable bonds is 7. The van der Waals surface area contributed by atoms with E-state index in [-0.39, 0.29) is 11.7 Å². The molecule has 0 unspecified atom stereocenters. The van der Waals surface area contributed by atoms with Crippen LogP contribution >= 0.6 is 11.8 Å². The van der Waals surface area contributed by atoms with Gasteiger partial charge in [0.1, 0.15) is 0 Å². The predicted octanol–water partition coefficient (Wildman–Crippen LogP) is 5.65. The van der Waals surface area contributed by atoms with Gasteiger partial charge in [-0.15, -0.1) is 0 Å². The lowest BCUT2D eigenvalue weighted by Gasteiger charge is -2.17. The number of carbonyl (C=O) groups is 2. The largest absolute Gasteiger partial charge is 0.326 e. The number of hydrogen-bond donors (Lipinski definition) is 1. The topological polar surface area (TPSA) is 64.0 Å². The van der Waals surface area contributed by atoms with Crippen molar-refractivity contribution in [2.45, 2.75) is 46.3 Å². The molecular weight excluding hydrogens is 394 g/mol. The molecule has 0 spiro atoms. The van der Waals surface area contributed by atoms with Crippen LogP contribution in [0.2, 0.25) is 0 Å². The molecule has 0 aliphatic heterocycles. The van der Waals surface area contributed by atoms with E-state index in [9.17, 15) is 9.59 Å². The van der Waals surface area contributed by atoms with Gasteiger partial charge >= 0.3 is 0 Å². The van der Waals surface area contributed by atoms with Crippen LogP contribution in [-0.4, -0.2) is 27.0 Å². The molecular formula is C24H29N3O2S. The van der Waals surface area contributed by atoms with Gasteiger partial charge in [-0.1, -0.05) is 58.5 Å².